The molecule has 1 amide bonds. The molecule has 8 rings (SSSR count). The average Bonchev–Trinajstić information content (AvgIpc) is 3.59. The summed E-state index contributed by atoms with van der Waals surface area (Å²) in [5, 5.41) is 74.4. The van der Waals surface area contributed by atoms with Gasteiger partial charge in [0.05, 0.1) is 36.7 Å². The Morgan fingerprint density at radius 1 is 0.933 bits per heavy atom. The lowest BCUT2D eigenvalue weighted by Gasteiger charge is -2.48. The first-order valence-electron chi connectivity index (χ1n) is 19.9. The molecule has 1 aromatic heterocycles. The molecular formula is C41H50BN5O13. The lowest BCUT2D eigenvalue weighted by Crippen LogP contribution is -2.67. The van der Waals surface area contributed by atoms with Gasteiger partial charge in [0.25, 0.3) is 0 Å². The van der Waals surface area contributed by atoms with E-state index in [9.17, 15) is 40.5 Å². The van der Waals surface area contributed by atoms with E-state index in [1.54, 1.807) is 30.1 Å². The summed E-state index contributed by atoms with van der Waals surface area (Å²) in [6.07, 6.45) is -14.7. The molecule has 0 spiro atoms. The van der Waals surface area contributed by atoms with Crippen molar-refractivity contribution in [1.29, 1.82) is 0 Å². The number of aromatic hydroxyl groups is 1. The summed E-state index contributed by atoms with van der Waals surface area (Å²) in [5.74, 6) is -0.118. The number of ether oxygens (including phenoxy) is 3. The fourth-order valence-corrected chi connectivity index (χ4v) is 8.02. The summed E-state index contributed by atoms with van der Waals surface area (Å²) in [7, 11) is 2.83. The minimum absolute atomic E-state index is 0.00159. The summed E-state index contributed by atoms with van der Waals surface area (Å²) in [5.41, 5.74) is 4.14. The first kappa shape index (κ1) is 42.4. The zero-order chi connectivity index (χ0) is 42.2. The third-order valence-corrected chi connectivity index (χ3v) is 11.6. The van der Waals surface area contributed by atoms with Gasteiger partial charge in [-0.05, 0) is 42.8 Å². The number of benzene rings is 3. The fourth-order valence-electron chi connectivity index (χ4n) is 8.02. The lowest BCUT2D eigenvalue weighted by atomic mass is 9.76. The number of aliphatic imine (C=N–C) groups is 1. The lowest BCUT2D eigenvalue weighted by molar-refractivity contribution is -0.356. The molecule has 60 heavy (non-hydrogen) atoms. The molecule has 4 aliphatic rings. The number of carbonyl (C=O) groups excluding carboxylic acids is 1. The number of carbonyl (C=O) groups is 1. The molecule has 8 N–H and O–H groups in total. The van der Waals surface area contributed by atoms with Gasteiger partial charge in [-0.2, -0.15) is 0 Å². The maximum atomic E-state index is 13.1. The van der Waals surface area contributed by atoms with Gasteiger partial charge in [0.1, 0.15) is 48.8 Å². The minimum Gasteiger partial charge on any atom is -0.494 e. The van der Waals surface area contributed by atoms with Gasteiger partial charge in [-0.1, -0.05) is 42.5 Å². The number of hydrogen-bond donors (Lipinski definition) is 8. The summed E-state index contributed by atoms with van der Waals surface area (Å²) in [6, 6.07) is 22.1. The number of likely N-dealkylation sites (N-methyl/N-ethyl adjacent to an activating group) is 2. The highest BCUT2D eigenvalue weighted by atomic mass is 16.7. The smallest absolute Gasteiger partial charge is 0.494 e. The van der Waals surface area contributed by atoms with Crippen LogP contribution in [0.4, 0.5) is 11.4 Å². The molecule has 0 saturated carbocycles. The van der Waals surface area contributed by atoms with Crippen LogP contribution in [0.25, 0.3) is 10.9 Å². The van der Waals surface area contributed by atoms with Crippen molar-refractivity contribution in [2.24, 2.45) is 4.99 Å². The molecule has 4 aromatic rings. The van der Waals surface area contributed by atoms with Gasteiger partial charge in [0.15, 0.2) is 18.5 Å². The van der Waals surface area contributed by atoms with Gasteiger partial charge in [-0.15, -0.1) is 0 Å². The number of hydrogen-bond acceptors (Lipinski definition) is 16. The van der Waals surface area contributed by atoms with E-state index >= 15 is 0 Å². The molecule has 0 bridgehead atoms. The number of anilines is 1. The predicted octanol–water partition coefficient (Wildman–Crippen LogP) is -1.37. The quantitative estimate of drug-likeness (QED) is 0.0679. The Labute approximate surface area is 345 Å². The van der Waals surface area contributed by atoms with Gasteiger partial charge in [0, 0.05) is 55.4 Å². The number of nitrogens with one attached hydrogen (secondary N) is 1. The van der Waals surface area contributed by atoms with Crippen LogP contribution in [-0.4, -0.2) is 191 Å². The second kappa shape index (κ2) is 18.0. The number of aliphatic hydroxyl groups excluding tert-OH is 6. The van der Waals surface area contributed by atoms with Gasteiger partial charge in [-0.25, -0.2) is 4.99 Å². The van der Waals surface area contributed by atoms with Crippen LogP contribution in [0.5, 0.6) is 5.88 Å². The van der Waals surface area contributed by atoms with Crippen LogP contribution in [0, 0.1) is 0 Å². The molecule has 18 nitrogen and oxygen atoms in total. The largest absolute Gasteiger partial charge is 0.494 e. The maximum absolute atomic E-state index is 13.1. The Hall–Kier alpha value is -4.32. The van der Waals surface area contributed by atoms with Crippen molar-refractivity contribution in [3.05, 3.63) is 83.9 Å². The second-order valence-electron chi connectivity index (χ2n) is 15.6. The number of rotatable bonds is 10. The van der Waals surface area contributed by atoms with Crippen molar-refractivity contribution >= 4 is 46.5 Å². The molecule has 10 atom stereocenters. The van der Waals surface area contributed by atoms with Crippen molar-refractivity contribution in [3.63, 3.8) is 0 Å². The summed E-state index contributed by atoms with van der Waals surface area (Å²) < 4.78 is 28.8. The monoisotopic (exact) mass is 831 g/mol. The van der Waals surface area contributed by atoms with Gasteiger partial charge in [0.2, 0.25) is 5.91 Å². The Morgan fingerprint density at radius 2 is 1.67 bits per heavy atom. The number of aromatic amines is 1. The molecule has 19 heteroatoms. The standard InChI is InChI=1S/C41H50BN5O13/c1-45-14-16-47(17-15-45)19-30(49)46(2)25-11-9-24(10-12-25)43-32(22-6-4-3-5-7-22)31-26-13-8-23(18-27(26)44-39(31)54)42-56-21-29-38(60-42)34(51)36(53)41(58-29)59-37-28(20-48)57-40(55)35(52)33(37)50/h3-13,18,28-29,33-38,40-41,44,48,50-55H,14-17,19-21H2,1-2H3/t28-,29-,33-,34-,35-,36-,37?,38+,40+,41+/m1/s1. The number of amides is 1. The number of piperazine rings is 1. The molecule has 4 saturated heterocycles. The minimum atomic E-state index is -1.77. The Kier molecular flexibility index (Phi) is 12.7. The second-order valence-corrected chi connectivity index (χ2v) is 15.6. The van der Waals surface area contributed by atoms with Crippen LogP contribution in [0.3, 0.4) is 0 Å². The van der Waals surface area contributed by atoms with Crippen LogP contribution in [-0.2, 0) is 28.3 Å². The van der Waals surface area contributed by atoms with Crippen LogP contribution >= 0.6 is 0 Å². The Balaban J connectivity index is 0.985. The first-order valence-corrected chi connectivity index (χ1v) is 19.9. The predicted molar refractivity (Wildman–Crippen MR) is 217 cm³/mol. The normalized spacial score (nSPS) is 30.7. The molecular weight excluding hydrogens is 781 g/mol. The third kappa shape index (κ3) is 8.59. The van der Waals surface area contributed by atoms with Crippen molar-refractivity contribution in [1.82, 2.24) is 14.8 Å². The zero-order valence-electron chi connectivity index (χ0n) is 33.1. The molecule has 320 valence electrons. The van der Waals surface area contributed by atoms with E-state index in [4.69, 9.17) is 28.5 Å². The van der Waals surface area contributed by atoms with E-state index < -0.39 is 75.1 Å². The topological polar surface area (TPSA) is 243 Å². The zero-order valence-corrected chi connectivity index (χ0v) is 33.1. The Bertz CT molecular complexity index is 2130. The van der Waals surface area contributed by atoms with E-state index in [1.165, 1.54) is 0 Å². The molecule has 4 fully saturated rings. The molecule has 0 aliphatic carbocycles. The molecule has 5 heterocycles. The number of fused-ring (bicyclic) bond motifs is 2. The van der Waals surface area contributed by atoms with Gasteiger partial charge >= 0.3 is 7.12 Å². The highest BCUT2D eigenvalue weighted by Crippen LogP contribution is 2.34. The summed E-state index contributed by atoms with van der Waals surface area (Å²) >= 11 is 0. The van der Waals surface area contributed by atoms with E-state index in [1.807, 2.05) is 54.6 Å². The van der Waals surface area contributed by atoms with Crippen LogP contribution in [0.2, 0.25) is 0 Å². The number of aliphatic hydroxyl groups is 6. The van der Waals surface area contributed by atoms with Crippen LogP contribution in [0.1, 0.15) is 11.1 Å². The summed E-state index contributed by atoms with van der Waals surface area (Å²) in [4.78, 5) is 27.2. The highest BCUT2D eigenvalue weighted by molar-refractivity contribution is 6.61. The molecule has 4 aliphatic heterocycles. The molecule has 3 aromatic carbocycles. The number of aromatic nitrogens is 1. The number of H-pyrrole nitrogens is 1. The third-order valence-electron chi connectivity index (χ3n) is 11.6. The van der Waals surface area contributed by atoms with E-state index in [0.717, 1.165) is 37.4 Å². The van der Waals surface area contributed by atoms with Gasteiger partial charge in [-0.3, -0.25) is 9.69 Å². The maximum Gasteiger partial charge on any atom is 0.494 e. The average molecular weight is 832 g/mol. The van der Waals surface area contributed by atoms with E-state index in [-0.39, 0.29) is 18.4 Å². The van der Waals surface area contributed by atoms with E-state index in [0.29, 0.717) is 39.9 Å². The SMILES string of the molecule is CN1CCN(CC(=O)N(C)c2ccc(N=C(c3ccccc3)c3c(O)[nH]c4cc(B5OC[C@H]6O[C@@H](OC7[C@@H](CO)O[C@H](O)[C@H](O)[C@H]7O)[C@H](O)[C@@H](O)[C@H]6O5)ccc34)cc2)CC1. The number of nitrogens with zero attached hydrogens (tertiary/aromatic N) is 4. The van der Waals surface area contributed by atoms with E-state index in [2.05, 4.69) is 21.8 Å². The highest BCUT2D eigenvalue weighted by Gasteiger charge is 2.53. The van der Waals surface area contributed by atoms with Crippen molar-refractivity contribution in [3.8, 4) is 5.88 Å². The molecule has 0 radical (unpaired) electrons. The van der Waals surface area contributed by atoms with Crippen molar-refractivity contribution in [2.75, 3.05) is 64.9 Å². The first-order chi connectivity index (χ1) is 28.9. The van der Waals surface area contributed by atoms with Crippen molar-refractivity contribution < 1.29 is 64.1 Å². The van der Waals surface area contributed by atoms with Gasteiger partial charge < -0.3 is 74.0 Å². The summed E-state index contributed by atoms with van der Waals surface area (Å²) in [6.45, 7) is 3.11. The Morgan fingerprint density at radius 3 is 2.38 bits per heavy atom. The van der Waals surface area contributed by atoms with Crippen LogP contribution < -0.4 is 10.4 Å². The molecule has 1 unspecified atom stereocenters. The fraction of sp³-hybridized carbons (Fsp3) is 0.463. The van der Waals surface area contributed by atoms with Crippen molar-refractivity contribution in [2.45, 2.75) is 61.4 Å². The van der Waals surface area contributed by atoms with Crippen LogP contribution in [0.15, 0.2) is 77.8 Å².